The van der Waals surface area contributed by atoms with Crippen LogP contribution in [0.5, 0.6) is 0 Å². The maximum Gasteiger partial charge on any atom is 0.257 e. The van der Waals surface area contributed by atoms with E-state index < -0.39 is 0 Å². The van der Waals surface area contributed by atoms with Crippen LogP contribution in [0.2, 0.25) is 0 Å². The molecule has 1 amide bonds. The predicted octanol–water partition coefficient (Wildman–Crippen LogP) is 3.00. The van der Waals surface area contributed by atoms with Crippen LogP contribution in [0.15, 0.2) is 48.5 Å². The van der Waals surface area contributed by atoms with Crippen molar-refractivity contribution >= 4 is 17.3 Å². The van der Waals surface area contributed by atoms with Crippen molar-refractivity contribution in [3.8, 4) is 0 Å². The van der Waals surface area contributed by atoms with Gasteiger partial charge < -0.3 is 15.1 Å². The number of piperazine rings is 1. The third kappa shape index (κ3) is 3.71. The summed E-state index contributed by atoms with van der Waals surface area (Å²) in [5.74, 6) is -0.0524. The van der Waals surface area contributed by atoms with Gasteiger partial charge in [0.15, 0.2) is 0 Å². The van der Waals surface area contributed by atoms with Crippen molar-refractivity contribution in [3.05, 3.63) is 59.7 Å². The smallest absolute Gasteiger partial charge is 0.257 e. The fraction of sp³-hybridized carbons (Fsp3) is 0.316. The average Bonchev–Trinajstić information content (AvgIpc) is 2.58. The summed E-state index contributed by atoms with van der Waals surface area (Å²) in [6.07, 6.45) is 0. The third-order valence-corrected chi connectivity index (χ3v) is 4.30. The zero-order valence-electron chi connectivity index (χ0n) is 13.7. The van der Waals surface area contributed by atoms with E-state index in [4.69, 9.17) is 0 Å². The molecule has 0 aliphatic carbocycles. The number of hydrogen-bond donors (Lipinski definition) is 1. The van der Waals surface area contributed by atoms with Gasteiger partial charge >= 0.3 is 0 Å². The van der Waals surface area contributed by atoms with E-state index in [1.54, 1.807) is 0 Å². The number of amides is 1. The van der Waals surface area contributed by atoms with Crippen molar-refractivity contribution < 1.29 is 4.79 Å². The number of carbonyl (C=O) groups excluding carboxylic acids is 1. The molecule has 4 heteroatoms. The molecule has 0 radical (unpaired) electrons. The molecule has 23 heavy (non-hydrogen) atoms. The van der Waals surface area contributed by atoms with Crippen LogP contribution in [0, 0.1) is 6.92 Å². The summed E-state index contributed by atoms with van der Waals surface area (Å²) in [5.41, 5.74) is 3.76. The Labute approximate surface area is 137 Å². The van der Waals surface area contributed by atoms with Crippen LogP contribution in [0.1, 0.15) is 15.9 Å². The van der Waals surface area contributed by atoms with E-state index in [0.717, 1.165) is 43.1 Å². The van der Waals surface area contributed by atoms with Crippen molar-refractivity contribution in [1.82, 2.24) is 4.90 Å². The highest BCUT2D eigenvalue weighted by molar-refractivity contribution is 6.08. The maximum absolute atomic E-state index is 12.7. The van der Waals surface area contributed by atoms with E-state index in [0.29, 0.717) is 0 Å². The van der Waals surface area contributed by atoms with Gasteiger partial charge in [-0.05, 0) is 38.2 Å². The molecule has 1 N–H and O–H groups in total. The molecule has 4 nitrogen and oxygen atoms in total. The zero-order chi connectivity index (χ0) is 16.2. The Morgan fingerprint density at radius 1 is 0.957 bits per heavy atom. The molecule has 0 spiro atoms. The first-order chi connectivity index (χ1) is 11.1. The number of carbonyl (C=O) groups is 1. The summed E-state index contributed by atoms with van der Waals surface area (Å²) >= 11 is 0. The molecule has 0 atom stereocenters. The Hall–Kier alpha value is -2.33. The summed E-state index contributed by atoms with van der Waals surface area (Å²) in [7, 11) is 2.13. The molecule has 1 aliphatic rings. The van der Waals surface area contributed by atoms with Gasteiger partial charge in [0, 0.05) is 37.6 Å². The number of nitrogens with one attached hydrogen (secondary N) is 1. The standard InChI is InChI=1S/C19H23N3O/c1-15-7-9-16(10-8-15)20-19(23)17-5-3-4-6-18(17)22-13-11-21(2)12-14-22/h3-10H,11-14H2,1-2H3,(H,20,23). The van der Waals surface area contributed by atoms with Gasteiger partial charge in [0.1, 0.15) is 0 Å². The zero-order valence-corrected chi connectivity index (χ0v) is 13.7. The van der Waals surface area contributed by atoms with E-state index in [9.17, 15) is 4.79 Å². The van der Waals surface area contributed by atoms with Crippen LogP contribution in [-0.4, -0.2) is 44.0 Å². The molecule has 0 unspecified atom stereocenters. The Bertz CT molecular complexity index is 673. The summed E-state index contributed by atoms with van der Waals surface area (Å²) < 4.78 is 0. The summed E-state index contributed by atoms with van der Waals surface area (Å²) in [6.45, 7) is 5.98. The molecule has 1 aliphatic heterocycles. The molecule has 0 bridgehead atoms. The number of anilines is 2. The number of benzene rings is 2. The fourth-order valence-electron chi connectivity index (χ4n) is 2.82. The van der Waals surface area contributed by atoms with Gasteiger partial charge in [0.2, 0.25) is 0 Å². The lowest BCUT2D eigenvalue weighted by molar-refractivity contribution is 0.102. The normalized spacial score (nSPS) is 15.5. The van der Waals surface area contributed by atoms with Gasteiger partial charge in [-0.15, -0.1) is 0 Å². The lowest BCUT2D eigenvalue weighted by Crippen LogP contribution is -2.45. The van der Waals surface area contributed by atoms with Gasteiger partial charge in [0.25, 0.3) is 5.91 Å². The molecular formula is C19H23N3O. The van der Waals surface area contributed by atoms with Gasteiger partial charge in [-0.3, -0.25) is 4.79 Å². The van der Waals surface area contributed by atoms with Crippen molar-refractivity contribution in [3.63, 3.8) is 0 Å². The second-order valence-corrected chi connectivity index (χ2v) is 6.13. The minimum Gasteiger partial charge on any atom is -0.368 e. The average molecular weight is 309 g/mol. The number of nitrogens with zero attached hydrogens (tertiary/aromatic N) is 2. The number of likely N-dealkylation sites (N-methyl/N-ethyl adjacent to an activating group) is 1. The Kier molecular flexibility index (Phi) is 4.63. The minimum atomic E-state index is -0.0524. The van der Waals surface area contributed by atoms with Gasteiger partial charge in [-0.2, -0.15) is 0 Å². The molecule has 1 fully saturated rings. The van der Waals surface area contributed by atoms with Crippen molar-refractivity contribution in [1.29, 1.82) is 0 Å². The predicted molar refractivity (Wildman–Crippen MR) is 95.3 cm³/mol. The Morgan fingerprint density at radius 2 is 1.61 bits per heavy atom. The molecule has 1 heterocycles. The second-order valence-electron chi connectivity index (χ2n) is 6.13. The van der Waals surface area contributed by atoms with Crippen LogP contribution >= 0.6 is 0 Å². The molecule has 0 saturated carbocycles. The number of rotatable bonds is 3. The van der Waals surface area contributed by atoms with Gasteiger partial charge in [-0.25, -0.2) is 0 Å². The van der Waals surface area contributed by atoms with Gasteiger partial charge in [0.05, 0.1) is 5.56 Å². The largest absolute Gasteiger partial charge is 0.368 e. The van der Waals surface area contributed by atoms with Crippen molar-refractivity contribution in [2.75, 3.05) is 43.4 Å². The number of hydrogen-bond acceptors (Lipinski definition) is 3. The van der Waals surface area contributed by atoms with E-state index in [-0.39, 0.29) is 5.91 Å². The molecule has 120 valence electrons. The highest BCUT2D eigenvalue weighted by Crippen LogP contribution is 2.23. The second kappa shape index (κ2) is 6.84. The van der Waals surface area contributed by atoms with Crippen LogP contribution in [0.3, 0.4) is 0 Å². The monoisotopic (exact) mass is 309 g/mol. The first kappa shape index (κ1) is 15.6. The van der Waals surface area contributed by atoms with Crippen LogP contribution in [0.25, 0.3) is 0 Å². The third-order valence-electron chi connectivity index (χ3n) is 4.30. The molecular weight excluding hydrogens is 286 g/mol. The molecule has 2 aromatic rings. The summed E-state index contributed by atoms with van der Waals surface area (Å²) in [6, 6.07) is 15.7. The first-order valence-electron chi connectivity index (χ1n) is 8.04. The molecule has 0 aromatic heterocycles. The lowest BCUT2D eigenvalue weighted by Gasteiger charge is -2.35. The highest BCUT2D eigenvalue weighted by Gasteiger charge is 2.19. The number of aryl methyl sites for hydroxylation is 1. The van der Waals surface area contributed by atoms with Gasteiger partial charge in [-0.1, -0.05) is 29.8 Å². The first-order valence-corrected chi connectivity index (χ1v) is 8.04. The lowest BCUT2D eigenvalue weighted by atomic mass is 10.1. The summed E-state index contributed by atoms with van der Waals surface area (Å²) in [4.78, 5) is 17.3. The van der Waals surface area contributed by atoms with Crippen LogP contribution < -0.4 is 10.2 Å². The topological polar surface area (TPSA) is 35.6 Å². The number of para-hydroxylation sites is 1. The minimum absolute atomic E-state index is 0.0524. The maximum atomic E-state index is 12.7. The summed E-state index contributed by atoms with van der Waals surface area (Å²) in [5, 5.41) is 3.00. The molecule has 3 rings (SSSR count). The van der Waals surface area contributed by atoms with Crippen LogP contribution in [-0.2, 0) is 0 Å². The highest BCUT2D eigenvalue weighted by atomic mass is 16.1. The quantitative estimate of drug-likeness (QED) is 0.947. The Balaban J connectivity index is 1.79. The SMILES string of the molecule is Cc1ccc(NC(=O)c2ccccc2N2CCN(C)CC2)cc1. The van der Waals surface area contributed by atoms with E-state index in [2.05, 4.69) is 22.2 Å². The van der Waals surface area contributed by atoms with E-state index in [1.165, 1.54) is 5.56 Å². The fourth-order valence-corrected chi connectivity index (χ4v) is 2.82. The van der Waals surface area contributed by atoms with E-state index >= 15 is 0 Å². The van der Waals surface area contributed by atoms with Crippen molar-refractivity contribution in [2.24, 2.45) is 0 Å². The van der Waals surface area contributed by atoms with Crippen molar-refractivity contribution in [2.45, 2.75) is 6.92 Å². The molecule has 1 saturated heterocycles. The molecule has 2 aromatic carbocycles. The Morgan fingerprint density at radius 3 is 2.30 bits per heavy atom. The van der Waals surface area contributed by atoms with Crippen LogP contribution in [0.4, 0.5) is 11.4 Å². The van der Waals surface area contributed by atoms with E-state index in [1.807, 2.05) is 55.5 Å².